The first-order valence-electron chi connectivity index (χ1n) is 6.45. The van der Waals surface area contributed by atoms with E-state index in [0.717, 1.165) is 0 Å². The fraction of sp³-hybridized carbons (Fsp3) is 0.933. The van der Waals surface area contributed by atoms with Gasteiger partial charge in [-0.05, 0) is 24.7 Å². The summed E-state index contributed by atoms with van der Waals surface area (Å²) in [5.41, 5.74) is 5.23. The molecular weight excluding hydrogens is 210 g/mol. The van der Waals surface area contributed by atoms with E-state index < -0.39 is 5.41 Å². The highest BCUT2D eigenvalue weighted by atomic mass is 16.1. The van der Waals surface area contributed by atoms with Crippen LogP contribution >= 0.6 is 0 Å². The number of ketones is 1. The van der Waals surface area contributed by atoms with Crippen LogP contribution in [0.3, 0.4) is 0 Å². The first-order chi connectivity index (χ1) is 7.13. The molecule has 2 N–H and O–H groups in total. The number of hydrogen-bond donors (Lipinski definition) is 1. The third kappa shape index (κ3) is 3.54. The summed E-state index contributed by atoms with van der Waals surface area (Å²) in [6, 6.07) is 0. The molecule has 0 aromatic carbocycles. The number of Topliss-reactive ketones (excluding diaryl/α,β-unsaturated/α-hetero) is 1. The third-order valence-corrected chi connectivity index (χ3v) is 4.56. The molecule has 0 aliphatic rings. The zero-order chi connectivity index (χ0) is 14.3. The van der Waals surface area contributed by atoms with Crippen LogP contribution in [0.2, 0.25) is 0 Å². The molecule has 0 atom stereocenters. The Kier molecular flexibility index (Phi) is 4.29. The second-order valence-corrected chi connectivity index (χ2v) is 8.13. The van der Waals surface area contributed by atoms with Crippen LogP contribution < -0.4 is 5.73 Å². The number of carbonyl (C=O) groups excluding carboxylic acids is 1. The minimum atomic E-state index is -0.418. The Hall–Kier alpha value is -0.370. The highest BCUT2D eigenvalue weighted by Crippen LogP contribution is 2.47. The molecule has 17 heavy (non-hydrogen) atoms. The second-order valence-electron chi connectivity index (χ2n) is 8.13. The van der Waals surface area contributed by atoms with Crippen molar-refractivity contribution in [2.24, 2.45) is 22.0 Å². The molecule has 0 fully saturated rings. The molecule has 0 spiro atoms. The number of nitrogens with two attached hydrogens (primary N) is 1. The maximum absolute atomic E-state index is 12.5. The van der Waals surface area contributed by atoms with Crippen LogP contribution in [0.5, 0.6) is 0 Å². The van der Waals surface area contributed by atoms with Crippen molar-refractivity contribution >= 4 is 5.78 Å². The van der Waals surface area contributed by atoms with E-state index in [0.29, 0.717) is 12.2 Å². The SMILES string of the molecule is CC(C)(C)CC(=O)C(C)(C)C(C)(C)C(C)(C)N. The molecule has 2 heteroatoms. The summed E-state index contributed by atoms with van der Waals surface area (Å²) >= 11 is 0. The van der Waals surface area contributed by atoms with Gasteiger partial charge in [-0.15, -0.1) is 0 Å². The van der Waals surface area contributed by atoms with E-state index in [1.54, 1.807) is 0 Å². The number of hydrogen-bond acceptors (Lipinski definition) is 2. The normalized spacial score (nSPS) is 14.9. The van der Waals surface area contributed by atoms with Crippen LogP contribution in [0.1, 0.15) is 68.7 Å². The Morgan fingerprint density at radius 3 is 1.47 bits per heavy atom. The smallest absolute Gasteiger partial charge is 0.139 e. The molecule has 0 aromatic rings. The van der Waals surface area contributed by atoms with Gasteiger partial charge in [-0.1, -0.05) is 48.5 Å². The molecule has 0 bridgehead atoms. The molecule has 2 nitrogen and oxygen atoms in total. The van der Waals surface area contributed by atoms with E-state index in [9.17, 15) is 4.79 Å². The van der Waals surface area contributed by atoms with Crippen LogP contribution in [0.15, 0.2) is 0 Å². The topological polar surface area (TPSA) is 43.1 Å². The lowest BCUT2D eigenvalue weighted by Gasteiger charge is -2.50. The maximum Gasteiger partial charge on any atom is 0.139 e. The fourth-order valence-electron chi connectivity index (χ4n) is 1.86. The van der Waals surface area contributed by atoms with Crippen molar-refractivity contribution in [2.45, 2.75) is 74.3 Å². The lowest BCUT2D eigenvalue weighted by Crippen LogP contribution is -2.57. The summed E-state index contributed by atoms with van der Waals surface area (Å²) in [4.78, 5) is 12.5. The lowest BCUT2D eigenvalue weighted by atomic mass is 9.56. The summed E-state index contributed by atoms with van der Waals surface area (Å²) in [7, 11) is 0. The first-order valence-corrected chi connectivity index (χ1v) is 6.45. The van der Waals surface area contributed by atoms with E-state index >= 15 is 0 Å². The van der Waals surface area contributed by atoms with Gasteiger partial charge >= 0.3 is 0 Å². The Morgan fingerprint density at radius 2 is 1.24 bits per heavy atom. The summed E-state index contributed by atoms with van der Waals surface area (Å²) in [5.74, 6) is 0.300. The number of carbonyl (C=O) groups is 1. The summed E-state index contributed by atoms with van der Waals surface area (Å²) < 4.78 is 0. The van der Waals surface area contributed by atoms with Crippen LogP contribution in [0.25, 0.3) is 0 Å². The molecule has 0 aliphatic heterocycles. The van der Waals surface area contributed by atoms with Gasteiger partial charge in [0.1, 0.15) is 5.78 Å². The van der Waals surface area contributed by atoms with Crippen molar-refractivity contribution in [3.63, 3.8) is 0 Å². The zero-order valence-electron chi connectivity index (χ0n) is 13.2. The van der Waals surface area contributed by atoms with Crippen molar-refractivity contribution in [3.05, 3.63) is 0 Å². The number of rotatable bonds is 4. The summed E-state index contributed by atoms with van der Waals surface area (Å²) in [6.07, 6.45) is 0.597. The standard InChI is InChI=1S/C15H31NO/c1-12(2,3)10-11(17)13(4,5)14(6,7)15(8,9)16/h10,16H2,1-9H3. The largest absolute Gasteiger partial charge is 0.325 e. The summed E-state index contributed by atoms with van der Waals surface area (Å²) in [5, 5.41) is 0. The molecule has 0 radical (unpaired) electrons. The van der Waals surface area contributed by atoms with Gasteiger partial charge in [-0.3, -0.25) is 4.79 Å². The lowest BCUT2D eigenvalue weighted by molar-refractivity contribution is -0.138. The van der Waals surface area contributed by atoms with Gasteiger partial charge in [0.2, 0.25) is 0 Å². The molecule has 102 valence electrons. The molecule has 0 aromatic heterocycles. The van der Waals surface area contributed by atoms with Gasteiger partial charge in [0.25, 0.3) is 0 Å². The molecule has 0 aliphatic carbocycles. The highest BCUT2D eigenvalue weighted by Gasteiger charge is 2.50. The van der Waals surface area contributed by atoms with Crippen molar-refractivity contribution in [2.75, 3.05) is 0 Å². The zero-order valence-corrected chi connectivity index (χ0v) is 13.2. The van der Waals surface area contributed by atoms with Gasteiger partial charge < -0.3 is 5.73 Å². The van der Waals surface area contributed by atoms with Gasteiger partial charge in [-0.2, -0.15) is 0 Å². The quantitative estimate of drug-likeness (QED) is 0.814. The van der Waals surface area contributed by atoms with Crippen molar-refractivity contribution in [1.82, 2.24) is 0 Å². The van der Waals surface area contributed by atoms with Crippen molar-refractivity contribution in [3.8, 4) is 0 Å². The van der Waals surface area contributed by atoms with Crippen molar-refractivity contribution in [1.29, 1.82) is 0 Å². The van der Waals surface area contributed by atoms with E-state index in [1.807, 2.05) is 27.7 Å². The Balaban J connectivity index is 5.22. The van der Waals surface area contributed by atoms with E-state index in [2.05, 4.69) is 34.6 Å². The minimum Gasteiger partial charge on any atom is -0.325 e. The van der Waals surface area contributed by atoms with Crippen LogP contribution in [-0.4, -0.2) is 11.3 Å². The Bertz CT molecular complexity index is 287. The maximum atomic E-state index is 12.5. The van der Waals surface area contributed by atoms with E-state index in [4.69, 9.17) is 5.73 Å². The van der Waals surface area contributed by atoms with Gasteiger partial charge in [0.15, 0.2) is 0 Å². The molecule has 0 heterocycles. The Morgan fingerprint density at radius 1 is 0.882 bits per heavy atom. The third-order valence-electron chi connectivity index (χ3n) is 4.56. The van der Waals surface area contributed by atoms with Gasteiger partial charge in [0.05, 0.1) is 0 Å². The molecule has 0 saturated heterocycles. The minimum absolute atomic E-state index is 0.0309. The van der Waals surface area contributed by atoms with Crippen LogP contribution in [-0.2, 0) is 4.79 Å². The highest BCUT2D eigenvalue weighted by molar-refractivity contribution is 5.85. The van der Waals surface area contributed by atoms with Crippen molar-refractivity contribution < 1.29 is 4.79 Å². The molecule has 0 saturated carbocycles. The predicted octanol–water partition coefficient (Wildman–Crippen LogP) is 3.78. The second kappa shape index (κ2) is 4.38. The van der Waals surface area contributed by atoms with Gasteiger partial charge in [0, 0.05) is 17.4 Å². The van der Waals surface area contributed by atoms with Crippen LogP contribution in [0.4, 0.5) is 0 Å². The molecule has 0 amide bonds. The monoisotopic (exact) mass is 241 g/mol. The van der Waals surface area contributed by atoms with E-state index in [1.165, 1.54) is 0 Å². The average Bonchev–Trinajstić information content (AvgIpc) is 1.97. The predicted molar refractivity (Wildman–Crippen MR) is 74.9 cm³/mol. The molecule has 0 unspecified atom stereocenters. The molecular formula is C15H31NO. The van der Waals surface area contributed by atoms with Gasteiger partial charge in [-0.25, -0.2) is 0 Å². The van der Waals surface area contributed by atoms with E-state index in [-0.39, 0.29) is 16.4 Å². The first kappa shape index (κ1) is 16.6. The summed E-state index contributed by atoms with van der Waals surface area (Å²) in [6.45, 7) is 18.5. The fourth-order valence-corrected chi connectivity index (χ4v) is 1.86. The average molecular weight is 241 g/mol. The Labute approximate surface area is 107 Å². The van der Waals surface area contributed by atoms with Crippen LogP contribution in [0, 0.1) is 16.2 Å². The molecule has 0 rings (SSSR count).